The van der Waals surface area contributed by atoms with Gasteiger partial charge >= 0.3 is 0 Å². The highest BCUT2D eigenvalue weighted by Gasteiger charge is 2.32. The van der Waals surface area contributed by atoms with E-state index in [9.17, 15) is 0 Å². The van der Waals surface area contributed by atoms with Crippen molar-refractivity contribution in [3.63, 3.8) is 0 Å². The molecule has 1 saturated carbocycles. The molecule has 0 aromatic carbocycles. The topological polar surface area (TPSA) is 15.3 Å². The second-order valence-electron chi connectivity index (χ2n) is 5.98. The zero-order valence-corrected chi connectivity index (χ0v) is 13.4. The third kappa shape index (κ3) is 4.90. The van der Waals surface area contributed by atoms with Gasteiger partial charge in [-0.1, -0.05) is 13.3 Å². The van der Waals surface area contributed by atoms with Crippen LogP contribution in [-0.4, -0.2) is 29.6 Å². The highest BCUT2D eigenvalue weighted by atomic mass is 32.1. The monoisotopic (exact) mass is 280 g/mol. The summed E-state index contributed by atoms with van der Waals surface area (Å²) in [7, 11) is 0. The molecule has 1 N–H and O–H groups in total. The van der Waals surface area contributed by atoms with E-state index in [0.29, 0.717) is 12.1 Å². The summed E-state index contributed by atoms with van der Waals surface area (Å²) in [5, 5.41) is 8.16. The predicted octanol–water partition coefficient (Wildman–Crippen LogP) is 3.88. The fourth-order valence-corrected chi connectivity index (χ4v) is 3.33. The zero-order chi connectivity index (χ0) is 13.7. The van der Waals surface area contributed by atoms with Crippen molar-refractivity contribution in [1.29, 1.82) is 0 Å². The maximum Gasteiger partial charge on any atom is 0.0248 e. The molecule has 2 rings (SSSR count). The van der Waals surface area contributed by atoms with E-state index >= 15 is 0 Å². The molecule has 0 amide bonds. The molecule has 0 aliphatic heterocycles. The number of hydrogen-bond acceptors (Lipinski definition) is 3. The summed E-state index contributed by atoms with van der Waals surface area (Å²) in [6.07, 6.45) is 5.32. The van der Waals surface area contributed by atoms with Crippen LogP contribution in [-0.2, 0) is 6.54 Å². The summed E-state index contributed by atoms with van der Waals surface area (Å²) >= 11 is 1.81. The van der Waals surface area contributed by atoms with Gasteiger partial charge in [-0.25, -0.2) is 0 Å². The molecule has 1 aromatic rings. The fourth-order valence-electron chi connectivity index (χ4n) is 2.67. The van der Waals surface area contributed by atoms with Crippen LogP contribution in [0.2, 0.25) is 0 Å². The molecule has 0 bridgehead atoms. The smallest absolute Gasteiger partial charge is 0.0248 e. The van der Waals surface area contributed by atoms with Crippen LogP contribution >= 0.6 is 11.3 Å². The SMILES string of the molecule is CCCC(C)NCC(C)N(Cc1ccsc1)C1CC1. The van der Waals surface area contributed by atoms with Crippen LogP contribution in [0, 0.1) is 0 Å². The van der Waals surface area contributed by atoms with Crippen molar-refractivity contribution in [3.8, 4) is 0 Å². The van der Waals surface area contributed by atoms with Crippen LogP contribution in [0.3, 0.4) is 0 Å². The predicted molar refractivity (Wildman–Crippen MR) is 84.7 cm³/mol. The average molecular weight is 280 g/mol. The van der Waals surface area contributed by atoms with Gasteiger partial charge in [0.2, 0.25) is 0 Å². The average Bonchev–Trinajstić information content (AvgIpc) is 3.10. The molecule has 1 heterocycles. The summed E-state index contributed by atoms with van der Waals surface area (Å²) in [6, 6.07) is 4.37. The van der Waals surface area contributed by atoms with Gasteiger partial charge in [0.05, 0.1) is 0 Å². The molecule has 1 aliphatic carbocycles. The van der Waals surface area contributed by atoms with Crippen molar-refractivity contribution in [2.24, 2.45) is 0 Å². The number of rotatable bonds is 9. The van der Waals surface area contributed by atoms with Crippen LogP contribution in [0.25, 0.3) is 0 Å². The van der Waals surface area contributed by atoms with Crippen molar-refractivity contribution in [1.82, 2.24) is 10.2 Å². The molecule has 108 valence electrons. The second kappa shape index (κ2) is 7.41. The van der Waals surface area contributed by atoms with E-state index in [1.165, 1.54) is 31.2 Å². The van der Waals surface area contributed by atoms with Gasteiger partial charge in [-0.15, -0.1) is 0 Å². The lowest BCUT2D eigenvalue weighted by molar-refractivity contribution is 0.182. The Balaban J connectivity index is 1.81. The number of nitrogens with zero attached hydrogens (tertiary/aromatic N) is 1. The van der Waals surface area contributed by atoms with E-state index in [1.54, 1.807) is 0 Å². The van der Waals surface area contributed by atoms with E-state index < -0.39 is 0 Å². The molecule has 2 nitrogen and oxygen atoms in total. The highest BCUT2D eigenvalue weighted by Crippen LogP contribution is 2.30. The second-order valence-corrected chi connectivity index (χ2v) is 6.76. The molecule has 0 radical (unpaired) electrons. The molecule has 1 fully saturated rings. The Labute approximate surface area is 122 Å². The lowest BCUT2D eigenvalue weighted by Crippen LogP contribution is -2.43. The fraction of sp³-hybridized carbons (Fsp3) is 0.750. The molecular weight excluding hydrogens is 252 g/mol. The third-order valence-electron chi connectivity index (χ3n) is 4.01. The highest BCUT2D eigenvalue weighted by molar-refractivity contribution is 7.07. The maximum atomic E-state index is 3.69. The van der Waals surface area contributed by atoms with E-state index in [0.717, 1.165) is 19.1 Å². The first-order chi connectivity index (χ1) is 9.20. The molecule has 19 heavy (non-hydrogen) atoms. The summed E-state index contributed by atoms with van der Waals surface area (Å²) in [5.74, 6) is 0. The minimum absolute atomic E-state index is 0.631. The summed E-state index contributed by atoms with van der Waals surface area (Å²) in [4.78, 5) is 2.69. The Morgan fingerprint density at radius 3 is 2.79 bits per heavy atom. The molecule has 0 saturated heterocycles. The Kier molecular flexibility index (Phi) is 5.86. The lowest BCUT2D eigenvalue weighted by Gasteiger charge is -2.30. The largest absolute Gasteiger partial charge is 0.313 e. The third-order valence-corrected chi connectivity index (χ3v) is 4.74. The standard InChI is InChI=1S/C16H28N2S/c1-4-5-13(2)17-10-14(3)18(16-6-7-16)11-15-8-9-19-12-15/h8-9,12-14,16-17H,4-7,10-11H2,1-3H3. The quantitative estimate of drug-likeness (QED) is 0.738. The van der Waals surface area contributed by atoms with Crippen molar-refractivity contribution in [2.45, 2.75) is 71.1 Å². The van der Waals surface area contributed by atoms with Crippen LogP contribution in [0.1, 0.15) is 52.0 Å². The molecule has 2 unspecified atom stereocenters. The molecule has 1 aliphatic rings. The van der Waals surface area contributed by atoms with Gasteiger partial charge in [0.1, 0.15) is 0 Å². The summed E-state index contributed by atoms with van der Waals surface area (Å²) in [5.41, 5.74) is 1.48. The number of nitrogens with one attached hydrogen (secondary N) is 1. The Bertz CT molecular complexity index is 346. The van der Waals surface area contributed by atoms with Gasteiger partial charge < -0.3 is 5.32 Å². The van der Waals surface area contributed by atoms with E-state index in [-0.39, 0.29) is 0 Å². The van der Waals surface area contributed by atoms with Crippen LogP contribution in [0.5, 0.6) is 0 Å². The van der Waals surface area contributed by atoms with Gasteiger partial charge in [0, 0.05) is 31.2 Å². The van der Waals surface area contributed by atoms with E-state index in [4.69, 9.17) is 0 Å². The maximum absolute atomic E-state index is 3.69. The van der Waals surface area contributed by atoms with Gasteiger partial charge in [0.25, 0.3) is 0 Å². The minimum Gasteiger partial charge on any atom is -0.313 e. The van der Waals surface area contributed by atoms with Crippen molar-refractivity contribution in [2.75, 3.05) is 6.54 Å². The lowest BCUT2D eigenvalue weighted by atomic mass is 10.1. The first kappa shape index (κ1) is 15.0. The van der Waals surface area contributed by atoms with Gasteiger partial charge in [-0.3, -0.25) is 4.90 Å². The van der Waals surface area contributed by atoms with Crippen LogP contribution in [0.4, 0.5) is 0 Å². The van der Waals surface area contributed by atoms with Crippen LogP contribution < -0.4 is 5.32 Å². The van der Waals surface area contributed by atoms with Gasteiger partial charge in [0.15, 0.2) is 0 Å². The van der Waals surface area contributed by atoms with E-state index in [1.807, 2.05) is 11.3 Å². The van der Waals surface area contributed by atoms with Crippen molar-refractivity contribution >= 4 is 11.3 Å². The molecule has 0 spiro atoms. The molecular formula is C16H28N2S. The van der Waals surface area contributed by atoms with E-state index in [2.05, 4.69) is 47.8 Å². The molecule has 3 heteroatoms. The molecule has 1 aromatic heterocycles. The van der Waals surface area contributed by atoms with Crippen LogP contribution in [0.15, 0.2) is 16.8 Å². The summed E-state index contributed by atoms with van der Waals surface area (Å²) in [6.45, 7) is 9.17. The van der Waals surface area contributed by atoms with Crippen molar-refractivity contribution < 1.29 is 0 Å². The number of hydrogen-bond donors (Lipinski definition) is 1. The summed E-state index contributed by atoms with van der Waals surface area (Å²) < 4.78 is 0. The minimum atomic E-state index is 0.631. The number of thiophene rings is 1. The first-order valence-corrected chi connectivity index (χ1v) is 8.65. The molecule has 2 atom stereocenters. The van der Waals surface area contributed by atoms with Gasteiger partial charge in [-0.05, 0) is 55.5 Å². The first-order valence-electron chi connectivity index (χ1n) is 7.71. The Morgan fingerprint density at radius 2 is 2.21 bits per heavy atom. The Morgan fingerprint density at radius 1 is 1.42 bits per heavy atom. The Hall–Kier alpha value is -0.380. The van der Waals surface area contributed by atoms with Crippen molar-refractivity contribution in [3.05, 3.63) is 22.4 Å². The van der Waals surface area contributed by atoms with Gasteiger partial charge in [-0.2, -0.15) is 11.3 Å². The zero-order valence-electron chi connectivity index (χ0n) is 12.6. The normalized spacial score (nSPS) is 18.7.